The second kappa shape index (κ2) is 4.34. The Hall–Kier alpha value is -0.610. The van der Waals surface area contributed by atoms with Crippen molar-refractivity contribution in [1.82, 2.24) is 4.90 Å². The van der Waals surface area contributed by atoms with Crippen molar-refractivity contribution in [3.8, 4) is 0 Å². The summed E-state index contributed by atoms with van der Waals surface area (Å²) >= 11 is 0. The van der Waals surface area contributed by atoms with Crippen LogP contribution in [0.25, 0.3) is 0 Å². The number of hydrogen-bond donors (Lipinski definition) is 0. The van der Waals surface area contributed by atoms with E-state index in [2.05, 4.69) is 11.9 Å². The molecular weight excluding hydrogens is 206 g/mol. The molecule has 16 heavy (non-hydrogen) atoms. The van der Waals surface area contributed by atoms with Crippen LogP contribution in [0.2, 0.25) is 0 Å². The normalized spacial score (nSPS) is 39.4. The zero-order chi connectivity index (χ0) is 11.8. The highest BCUT2D eigenvalue weighted by Crippen LogP contribution is 2.46. The highest BCUT2D eigenvalue weighted by molar-refractivity contribution is 5.79. The van der Waals surface area contributed by atoms with Gasteiger partial charge in [-0.3, -0.25) is 0 Å². The monoisotopic (exact) mass is 227 g/mol. The smallest absolute Gasteiger partial charge is 0.338 e. The van der Waals surface area contributed by atoms with Crippen LogP contribution in [-0.4, -0.2) is 49.3 Å². The van der Waals surface area contributed by atoms with Crippen LogP contribution in [0.1, 0.15) is 26.7 Å². The number of epoxide rings is 1. The van der Waals surface area contributed by atoms with Crippen molar-refractivity contribution in [3.63, 3.8) is 0 Å². The van der Waals surface area contributed by atoms with Gasteiger partial charge >= 0.3 is 5.97 Å². The van der Waals surface area contributed by atoms with E-state index in [1.807, 2.05) is 13.8 Å². The van der Waals surface area contributed by atoms with Gasteiger partial charge in [-0.1, -0.05) is 0 Å². The van der Waals surface area contributed by atoms with E-state index >= 15 is 0 Å². The summed E-state index contributed by atoms with van der Waals surface area (Å²) in [6.07, 6.45) is 2.01. The Morgan fingerprint density at radius 1 is 1.62 bits per heavy atom. The van der Waals surface area contributed by atoms with Crippen LogP contribution >= 0.6 is 0 Å². The van der Waals surface area contributed by atoms with Crippen molar-refractivity contribution in [3.05, 3.63) is 0 Å². The van der Waals surface area contributed by atoms with E-state index in [4.69, 9.17) is 9.47 Å². The Balaban J connectivity index is 1.92. The Morgan fingerprint density at radius 2 is 2.38 bits per heavy atom. The minimum absolute atomic E-state index is 0.196. The fourth-order valence-electron chi connectivity index (χ4n) is 2.66. The number of piperidine rings is 1. The quantitative estimate of drug-likeness (QED) is 0.534. The third-order valence-electron chi connectivity index (χ3n) is 3.77. The first kappa shape index (κ1) is 11.9. The average Bonchev–Trinajstić information content (AvgIpc) is 2.93. The van der Waals surface area contributed by atoms with Crippen LogP contribution in [0.5, 0.6) is 0 Å². The summed E-state index contributed by atoms with van der Waals surface area (Å²) in [5.74, 6) is 0.263. The van der Waals surface area contributed by atoms with Gasteiger partial charge in [-0.15, -0.1) is 0 Å². The molecule has 92 valence electrons. The van der Waals surface area contributed by atoms with Crippen LogP contribution in [0.3, 0.4) is 0 Å². The van der Waals surface area contributed by atoms with E-state index in [1.165, 1.54) is 6.42 Å². The summed E-state index contributed by atoms with van der Waals surface area (Å²) in [6, 6.07) is 0. The van der Waals surface area contributed by atoms with Crippen molar-refractivity contribution in [1.29, 1.82) is 0 Å². The first-order valence-corrected chi connectivity index (χ1v) is 6.11. The van der Waals surface area contributed by atoms with Crippen LogP contribution in [0.15, 0.2) is 0 Å². The third kappa shape index (κ3) is 2.09. The highest BCUT2D eigenvalue weighted by atomic mass is 16.7. The molecule has 2 saturated heterocycles. The maximum Gasteiger partial charge on any atom is 0.338 e. The SMILES string of the molecule is CCOC(=O)C1OC1(C)C1CCCN(C)C1. The van der Waals surface area contributed by atoms with E-state index in [-0.39, 0.29) is 17.7 Å². The van der Waals surface area contributed by atoms with Crippen molar-refractivity contribution >= 4 is 5.97 Å². The number of ether oxygens (including phenoxy) is 2. The Labute approximate surface area is 96.9 Å². The predicted octanol–water partition coefficient (Wildman–Crippen LogP) is 1.05. The molecule has 2 aliphatic heterocycles. The summed E-state index contributed by atoms with van der Waals surface area (Å²) < 4.78 is 10.6. The number of nitrogens with zero attached hydrogens (tertiary/aromatic N) is 1. The van der Waals surface area contributed by atoms with Gasteiger partial charge in [0.25, 0.3) is 0 Å². The van der Waals surface area contributed by atoms with Crippen molar-refractivity contribution < 1.29 is 14.3 Å². The number of esters is 1. The summed E-state index contributed by atoms with van der Waals surface area (Å²) in [7, 11) is 2.12. The molecule has 0 N–H and O–H groups in total. The van der Waals surface area contributed by atoms with Gasteiger partial charge in [-0.2, -0.15) is 0 Å². The molecule has 2 fully saturated rings. The summed E-state index contributed by atoms with van der Waals surface area (Å²) in [5.41, 5.74) is -0.277. The molecule has 0 aromatic rings. The Kier molecular flexibility index (Phi) is 3.22. The number of carbonyl (C=O) groups excluding carboxylic acids is 1. The first-order chi connectivity index (χ1) is 7.58. The molecule has 0 amide bonds. The van der Waals surface area contributed by atoms with Crippen LogP contribution in [0.4, 0.5) is 0 Å². The van der Waals surface area contributed by atoms with Gasteiger partial charge in [0, 0.05) is 12.5 Å². The minimum atomic E-state index is -0.330. The lowest BCUT2D eigenvalue weighted by atomic mass is 9.84. The third-order valence-corrected chi connectivity index (χ3v) is 3.77. The second-order valence-corrected chi connectivity index (χ2v) is 5.04. The summed E-state index contributed by atoms with van der Waals surface area (Å²) in [6.45, 7) is 6.47. The molecular formula is C12H21NO3. The van der Waals surface area contributed by atoms with E-state index in [0.29, 0.717) is 12.5 Å². The van der Waals surface area contributed by atoms with Crippen molar-refractivity contribution in [2.75, 3.05) is 26.7 Å². The van der Waals surface area contributed by atoms with Gasteiger partial charge in [0.1, 0.15) is 5.60 Å². The Bertz CT molecular complexity index is 281. The predicted molar refractivity (Wildman–Crippen MR) is 60.1 cm³/mol. The summed E-state index contributed by atoms with van der Waals surface area (Å²) in [4.78, 5) is 13.9. The van der Waals surface area contributed by atoms with Crippen LogP contribution < -0.4 is 0 Å². The largest absolute Gasteiger partial charge is 0.464 e. The number of rotatable bonds is 3. The van der Waals surface area contributed by atoms with Gasteiger partial charge in [0.05, 0.1) is 6.61 Å². The lowest BCUT2D eigenvalue weighted by Gasteiger charge is -2.32. The van der Waals surface area contributed by atoms with Gasteiger partial charge in [0.2, 0.25) is 0 Å². The van der Waals surface area contributed by atoms with E-state index in [0.717, 1.165) is 19.5 Å². The number of hydrogen-bond acceptors (Lipinski definition) is 4. The van der Waals surface area contributed by atoms with Crippen LogP contribution in [0, 0.1) is 5.92 Å². The highest BCUT2D eigenvalue weighted by Gasteiger charge is 2.62. The summed E-state index contributed by atoms with van der Waals surface area (Å²) in [5, 5.41) is 0. The van der Waals surface area contributed by atoms with E-state index < -0.39 is 0 Å². The zero-order valence-corrected chi connectivity index (χ0v) is 10.4. The van der Waals surface area contributed by atoms with Crippen LogP contribution in [-0.2, 0) is 14.3 Å². The fourth-order valence-corrected chi connectivity index (χ4v) is 2.66. The Morgan fingerprint density at radius 3 is 3.00 bits per heavy atom. The van der Waals surface area contributed by atoms with Gasteiger partial charge in [-0.25, -0.2) is 4.79 Å². The maximum atomic E-state index is 11.6. The molecule has 0 aromatic heterocycles. The molecule has 3 unspecified atom stereocenters. The molecule has 0 aromatic carbocycles. The molecule has 0 aliphatic carbocycles. The molecule has 4 heteroatoms. The maximum absolute atomic E-state index is 11.6. The van der Waals surface area contributed by atoms with Gasteiger partial charge in [-0.05, 0) is 40.3 Å². The van der Waals surface area contributed by atoms with Crippen molar-refractivity contribution in [2.24, 2.45) is 5.92 Å². The van der Waals surface area contributed by atoms with Gasteiger partial charge in [0.15, 0.2) is 6.10 Å². The molecule has 2 heterocycles. The van der Waals surface area contributed by atoms with E-state index in [9.17, 15) is 4.79 Å². The van der Waals surface area contributed by atoms with E-state index in [1.54, 1.807) is 0 Å². The second-order valence-electron chi connectivity index (χ2n) is 5.04. The number of likely N-dealkylation sites (tertiary alicyclic amines) is 1. The molecule has 2 rings (SSSR count). The topological polar surface area (TPSA) is 42.1 Å². The molecule has 0 bridgehead atoms. The average molecular weight is 227 g/mol. The standard InChI is InChI=1S/C12H21NO3/c1-4-15-11(14)10-12(2,16-10)9-6-5-7-13(3)8-9/h9-10H,4-8H2,1-3H3. The molecule has 3 atom stereocenters. The minimum Gasteiger partial charge on any atom is -0.464 e. The lowest BCUT2D eigenvalue weighted by Crippen LogP contribution is -2.40. The fraction of sp³-hybridized carbons (Fsp3) is 0.917. The molecule has 2 aliphatic rings. The lowest BCUT2D eigenvalue weighted by molar-refractivity contribution is -0.144. The van der Waals surface area contributed by atoms with Gasteiger partial charge < -0.3 is 14.4 Å². The zero-order valence-electron chi connectivity index (χ0n) is 10.4. The first-order valence-electron chi connectivity index (χ1n) is 6.11. The number of carbonyl (C=O) groups is 1. The van der Waals surface area contributed by atoms with Crippen molar-refractivity contribution in [2.45, 2.75) is 38.4 Å². The molecule has 0 radical (unpaired) electrons. The molecule has 0 saturated carbocycles. The molecule has 0 spiro atoms. The molecule has 4 nitrogen and oxygen atoms in total.